The predicted octanol–water partition coefficient (Wildman–Crippen LogP) is 7.35. The first-order chi connectivity index (χ1) is 13.5. The van der Waals surface area contributed by atoms with Crippen LogP contribution in [0.25, 0.3) is 0 Å². The van der Waals surface area contributed by atoms with Gasteiger partial charge >= 0.3 is 5.97 Å². The summed E-state index contributed by atoms with van der Waals surface area (Å²) in [4.78, 5) is 10.9. The fraction of sp³-hybridized carbons (Fsp3) is 0.920. The Kier molecular flexibility index (Phi) is 9.83. The second-order valence-corrected chi connectivity index (χ2v) is 9.91. The van der Waals surface area contributed by atoms with Gasteiger partial charge in [0, 0.05) is 12.3 Å². The Morgan fingerprint density at radius 3 is 2.54 bits per heavy atom. The molecule has 0 saturated heterocycles. The molecule has 0 bridgehead atoms. The Bertz CT molecular complexity index is 503. The molecule has 0 aromatic carbocycles. The smallest absolute Gasteiger partial charge is 0.303 e. The Morgan fingerprint density at radius 2 is 1.89 bits per heavy atom. The third-order valence-electron chi connectivity index (χ3n) is 8.03. The topological polar surface area (TPSA) is 61.1 Å². The average molecular weight is 390 g/mol. The number of carboxylic acid groups (broad SMARTS) is 1. The van der Waals surface area contributed by atoms with E-state index in [0.717, 1.165) is 25.7 Å². The zero-order valence-corrected chi connectivity index (χ0v) is 18.4. The first-order valence-corrected chi connectivity index (χ1v) is 12.1. The molecule has 0 heterocycles. The van der Waals surface area contributed by atoms with E-state index in [-0.39, 0.29) is 5.92 Å². The maximum absolute atomic E-state index is 10.9. The molecule has 4 unspecified atom stereocenters. The Morgan fingerprint density at radius 1 is 1.14 bits per heavy atom. The monoisotopic (exact) mass is 389 g/mol. The van der Waals surface area contributed by atoms with Gasteiger partial charge in [-0.3, -0.25) is 4.79 Å². The predicted molar refractivity (Wildman–Crippen MR) is 115 cm³/mol. The van der Waals surface area contributed by atoms with Crippen LogP contribution in [0.1, 0.15) is 117 Å². The largest absolute Gasteiger partial charge is 0.481 e. The molecule has 28 heavy (non-hydrogen) atoms. The molecule has 0 aliphatic heterocycles. The van der Waals surface area contributed by atoms with Crippen molar-refractivity contribution in [3.8, 4) is 6.07 Å². The molecule has 1 N–H and O–H groups in total. The van der Waals surface area contributed by atoms with Gasteiger partial charge in [-0.05, 0) is 74.5 Å². The second-order valence-electron chi connectivity index (χ2n) is 9.91. The highest BCUT2D eigenvalue weighted by atomic mass is 16.4. The SMILES string of the molecule is CCCCCCC1(C2CC(C#N)CCC2C(C)CCCC(=O)O)CCCCC1. The van der Waals surface area contributed by atoms with Gasteiger partial charge in [0.2, 0.25) is 0 Å². The average Bonchev–Trinajstić information content (AvgIpc) is 2.71. The van der Waals surface area contributed by atoms with Crippen molar-refractivity contribution in [3.63, 3.8) is 0 Å². The lowest BCUT2D eigenvalue weighted by molar-refractivity contribution is -0.137. The number of unbranched alkanes of at least 4 members (excludes halogenated alkanes) is 3. The Balaban J connectivity index is 2.13. The highest BCUT2D eigenvalue weighted by Crippen LogP contribution is 2.56. The van der Waals surface area contributed by atoms with Gasteiger partial charge in [-0.2, -0.15) is 5.26 Å². The minimum atomic E-state index is -0.670. The number of rotatable bonds is 11. The van der Waals surface area contributed by atoms with Crippen LogP contribution < -0.4 is 0 Å². The molecule has 2 fully saturated rings. The third-order valence-corrected chi connectivity index (χ3v) is 8.03. The lowest BCUT2D eigenvalue weighted by Crippen LogP contribution is -2.43. The highest BCUT2D eigenvalue weighted by Gasteiger charge is 2.46. The summed E-state index contributed by atoms with van der Waals surface area (Å²) in [5.41, 5.74) is 0.452. The molecule has 0 radical (unpaired) electrons. The van der Waals surface area contributed by atoms with Crippen molar-refractivity contribution in [2.45, 2.75) is 117 Å². The summed E-state index contributed by atoms with van der Waals surface area (Å²) < 4.78 is 0. The zero-order chi connectivity index (χ0) is 20.4. The lowest BCUT2D eigenvalue weighted by atomic mass is 9.53. The van der Waals surface area contributed by atoms with Gasteiger partial charge in [-0.25, -0.2) is 0 Å². The standard InChI is InChI=1S/C25H43NO2/c1-3-4-5-7-15-25(16-8-6-9-17-25)23-18-21(19-26)13-14-22(23)20(2)11-10-12-24(27)28/h20-23H,3-18H2,1-2H3,(H,27,28). The van der Waals surface area contributed by atoms with Gasteiger partial charge in [-0.1, -0.05) is 58.8 Å². The van der Waals surface area contributed by atoms with Gasteiger partial charge in [0.1, 0.15) is 0 Å². The van der Waals surface area contributed by atoms with Crippen molar-refractivity contribution in [1.82, 2.24) is 0 Å². The number of hydrogen-bond donors (Lipinski definition) is 1. The summed E-state index contributed by atoms with van der Waals surface area (Å²) >= 11 is 0. The molecule has 3 nitrogen and oxygen atoms in total. The summed E-state index contributed by atoms with van der Waals surface area (Å²) in [6.45, 7) is 4.64. The van der Waals surface area contributed by atoms with Crippen molar-refractivity contribution in [2.75, 3.05) is 0 Å². The quantitative estimate of drug-likeness (QED) is 0.376. The summed E-state index contributed by atoms with van der Waals surface area (Å²) in [6.07, 6.45) is 19.0. The van der Waals surface area contributed by atoms with Crippen LogP contribution in [0.2, 0.25) is 0 Å². The van der Waals surface area contributed by atoms with Crippen LogP contribution in [0.5, 0.6) is 0 Å². The number of nitrogens with zero attached hydrogens (tertiary/aromatic N) is 1. The van der Waals surface area contributed by atoms with Crippen molar-refractivity contribution in [3.05, 3.63) is 0 Å². The molecular formula is C25H43NO2. The van der Waals surface area contributed by atoms with E-state index in [1.54, 1.807) is 0 Å². The molecule has 4 atom stereocenters. The van der Waals surface area contributed by atoms with E-state index in [1.165, 1.54) is 70.6 Å². The van der Waals surface area contributed by atoms with E-state index in [9.17, 15) is 10.1 Å². The number of hydrogen-bond acceptors (Lipinski definition) is 2. The lowest BCUT2D eigenvalue weighted by Gasteiger charge is -2.52. The number of carboxylic acids is 1. The Hall–Kier alpha value is -1.04. The molecule has 2 rings (SSSR count). The van der Waals surface area contributed by atoms with E-state index >= 15 is 0 Å². The molecule has 3 heteroatoms. The van der Waals surface area contributed by atoms with E-state index in [4.69, 9.17) is 5.11 Å². The number of nitriles is 1. The van der Waals surface area contributed by atoms with Crippen molar-refractivity contribution >= 4 is 5.97 Å². The van der Waals surface area contributed by atoms with Gasteiger partial charge < -0.3 is 5.11 Å². The molecule has 2 aliphatic carbocycles. The highest BCUT2D eigenvalue weighted by molar-refractivity contribution is 5.66. The van der Waals surface area contributed by atoms with Crippen LogP contribution in [-0.4, -0.2) is 11.1 Å². The van der Waals surface area contributed by atoms with Crippen LogP contribution in [0, 0.1) is 40.4 Å². The van der Waals surface area contributed by atoms with Gasteiger partial charge in [0.05, 0.1) is 6.07 Å². The number of aliphatic carboxylic acids is 1. The van der Waals surface area contributed by atoms with Crippen LogP contribution in [0.15, 0.2) is 0 Å². The third kappa shape index (κ3) is 6.50. The minimum Gasteiger partial charge on any atom is -0.481 e. The maximum Gasteiger partial charge on any atom is 0.303 e. The van der Waals surface area contributed by atoms with Gasteiger partial charge in [-0.15, -0.1) is 0 Å². The van der Waals surface area contributed by atoms with Crippen molar-refractivity contribution < 1.29 is 9.90 Å². The van der Waals surface area contributed by atoms with Crippen molar-refractivity contribution in [2.24, 2.45) is 29.1 Å². The molecule has 2 saturated carbocycles. The fourth-order valence-corrected chi connectivity index (χ4v) is 6.45. The summed E-state index contributed by atoms with van der Waals surface area (Å²) in [5.74, 6) is 1.51. The van der Waals surface area contributed by atoms with Crippen molar-refractivity contribution in [1.29, 1.82) is 5.26 Å². The molecule has 0 spiro atoms. The number of carbonyl (C=O) groups is 1. The minimum absolute atomic E-state index is 0.238. The second kappa shape index (κ2) is 11.8. The first-order valence-electron chi connectivity index (χ1n) is 12.1. The van der Waals surface area contributed by atoms with Gasteiger partial charge in [0.15, 0.2) is 0 Å². The van der Waals surface area contributed by atoms with E-state index in [2.05, 4.69) is 19.9 Å². The van der Waals surface area contributed by atoms with Crippen LogP contribution in [0.4, 0.5) is 0 Å². The van der Waals surface area contributed by atoms with Gasteiger partial charge in [0.25, 0.3) is 0 Å². The normalized spacial score (nSPS) is 28.4. The first kappa shape index (κ1) is 23.2. The van der Waals surface area contributed by atoms with E-state index in [1.807, 2.05) is 0 Å². The molecule has 0 aromatic rings. The molecular weight excluding hydrogens is 346 g/mol. The molecule has 2 aliphatic rings. The molecule has 0 aromatic heterocycles. The van der Waals surface area contributed by atoms with Crippen LogP contribution >= 0.6 is 0 Å². The molecule has 0 amide bonds. The van der Waals surface area contributed by atoms with E-state index < -0.39 is 5.97 Å². The zero-order valence-electron chi connectivity index (χ0n) is 18.4. The Labute approximate surface area is 173 Å². The van der Waals surface area contributed by atoms with Crippen LogP contribution in [-0.2, 0) is 4.79 Å². The summed E-state index contributed by atoms with van der Waals surface area (Å²) in [6, 6.07) is 2.61. The maximum atomic E-state index is 10.9. The summed E-state index contributed by atoms with van der Waals surface area (Å²) in [7, 11) is 0. The van der Waals surface area contributed by atoms with Crippen LogP contribution in [0.3, 0.4) is 0 Å². The summed E-state index contributed by atoms with van der Waals surface area (Å²) in [5, 5.41) is 18.7. The molecule has 160 valence electrons. The van der Waals surface area contributed by atoms with E-state index in [0.29, 0.717) is 29.6 Å². The fourth-order valence-electron chi connectivity index (χ4n) is 6.45.